The van der Waals surface area contributed by atoms with E-state index in [1.807, 2.05) is 26.0 Å². The minimum Gasteiger partial charge on any atom is -0.491 e. The zero-order valence-corrected chi connectivity index (χ0v) is 14.9. The highest BCUT2D eigenvalue weighted by atomic mass is 79.9. The summed E-state index contributed by atoms with van der Waals surface area (Å²) < 4.78 is 35.1. The summed E-state index contributed by atoms with van der Waals surface area (Å²) in [5.41, 5.74) is 0. The van der Waals surface area contributed by atoms with Crippen molar-refractivity contribution < 1.29 is 17.9 Å². The molecule has 0 aromatic heterocycles. The highest BCUT2D eigenvalue weighted by Gasteiger charge is 2.08. The highest BCUT2D eigenvalue weighted by molar-refractivity contribution is 9.10. The second-order valence-corrected chi connectivity index (χ2v) is 8.07. The van der Waals surface area contributed by atoms with Gasteiger partial charge in [-0.2, -0.15) is 0 Å². The van der Waals surface area contributed by atoms with Crippen LogP contribution in [0.1, 0.15) is 13.8 Å². The molecule has 4 nitrogen and oxygen atoms in total. The van der Waals surface area contributed by atoms with Gasteiger partial charge in [-0.25, -0.2) is 8.42 Å². The lowest BCUT2D eigenvalue weighted by molar-refractivity contribution is 0.241. The van der Waals surface area contributed by atoms with Crippen LogP contribution in [0.15, 0.2) is 51.8 Å². The van der Waals surface area contributed by atoms with E-state index in [4.69, 9.17) is 9.47 Å². The van der Waals surface area contributed by atoms with Gasteiger partial charge in [0.25, 0.3) is 0 Å². The predicted molar refractivity (Wildman–Crippen MR) is 89.5 cm³/mol. The molecular formula is C16H17BrO4S. The molecule has 0 amide bonds. The molecule has 0 fully saturated rings. The van der Waals surface area contributed by atoms with Gasteiger partial charge < -0.3 is 9.47 Å². The third kappa shape index (κ3) is 4.74. The summed E-state index contributed by atoms with van der Waals surface area (Å²) in [4.78, 5) is 0.262. The van der Waals surface area contributed by atoms with Crippen LogP contribution in [0.5, 0.6) is 17.2 Å². The van der Waals surface area contributed by atoms with Gasteiger partial charge in [-0.15, -0.1) is 0 Å². The lowest BCUT2D eigenvalue weighted by atomic mass is 10.3. The van der Waals surface area contributed by atoms with Crippen LogP contribution in [0.2, 0.25) is 0 Å². The Labute approximate surface area is 139 Å². The number of sulfone groups is 1. The smallest absolute Gasteiger partial charge is 0.175 e. The second-order valence-electron chi connectivity index (χ2n) is 5.13. The molecule has 2 aromatic rings. The Morgan fingerprint density at radius 1 is 0.955 bits per heavy atom. The fourth-order valence-corrected chi connectivity index (χ4v) is 2.91. The summed E-state index contributed by atoms with van der Waals surface area (Å²) >= 11 is 3.41. The fourth-order valence-electron chi connectivity index (χ4n) is 1.83. The van der Waals surface area contributed by atoms with E-state index in [0.29, 0.717) is 17.2 Å². The van der Waals surface area contributed by atoms with Crippen molar-refractivity contribution in [2.45, 2.75) is 24.8 Å². The molecule has 0 spiro atoms. The number of hydrogen-bond donors (Lipinski definition) is 0. The Balaban J connectivity index is 2.21. The number of ether oxygens (including phenoxy) is 2. The summed E-state index contributed by atoms with van der Waals surface area (Å²) in [5.74, 6) is 1.87. The molecule has 0 saturated carbocycles. The standard InChI is InChI=1S/C16H17BrO4S/c1-11(2)20-14-8-12(17)9-15(10-14)21-13-4-6-16(7-5-13)22(3,18)19/h4-11H,1-3H3. The molecule has 0 heterocycles. The quantitative estimate of drug-likeness (QED) is 0.764. The minimum absolute atomic E-state index is 0.0659. The van der Waals surface area contributed by atoms with Gasteiger partial charge in [-0.3, -0.25) is 0 Å². The third-order valence-corrected chi connectivity index (χ3v) is 4.29. The summed E-state index contributed by atoms with van der Waals surface area (Å²) in [6.45, 7) is 3.90. The fraction of sp³-hybridized carbons (Fsp3) is 0.250. The molecule has 2 rings (SSSR count). The zero-order chi connectivity index (χ0) is 16.3. The summed E-state index contributed by atoms with van der Waals surface area (Å²) in [6.07, 6.45) is 1.24. The molecule has 118 valence electrons. The van der Waals surface area contributed by atoms with E-state index < -0.39 is 9.84 Å². The number of benzene rings is 2. The molecular weight excluding hydrogens is 368 g/mol. The number of halogens is 1. The SMILES string of the molecule is CC(C)Oc1cc(Br)cc(Oc2ccc(S(C)(=O)=O)cc2)c1. The Bertz CT molecular complexity index is 752. The minimum atomic E-state index is -3.20. The number of rotatable bonds is 5. The molecule has 0 atom stereocenters. The van der Waals surface area contributed by atoms with Gasteiger partial charge in [0, 0.05) is 16.8 Å². The summed E-state index contributed by atoms with van der Waals surface area (Å²) in [6, 6.07) is 11.8. The van der Waals surface area contributed by atoms with Crippen LogP contribution >= 0.6 is 15.9 Å². The maximum Gasteiger partial charge on any atom is 0.175 e. The highest BCUT2D eigenvalue weighted by Crippen LogP contribution is 2.30. The molecule has 0 saturated heterocycles. The molecule has 0 aliphatic carbocycles. The average Bonchev–Trinajstić information content (AvgIpc) is 2.36. The van der Waals surface area contributed by atoms with E-state index in [1.165, 1.54) is 18.4 Å². The van der Waals surface area contributed by atoms with Crippen molar-refractivity contribution in [2.24, 2.45) is 0 Å². The van der Waals surface area contributed by atoms with Crippen molar-refractivity contribution in [1.82, 2.24) is 0 Å². The van der Waals surface area contributed by atoms with Crippen LogP contribution in [-0.2, 0) is 9.84 Å². The van der Waals surface area contributed by atoms with Crippen LogP contribution in [-0.4, -0.2) is 20.8 Å². The van der Waals surface area contributed by atoms with Gasteiger partial charge in [-0.1, -0.05) is 15.9 Å². The Morgan fingerprint density at radius 2 is 1.55 bits per heavy atom. The largest absolute Gasteiger partial charge is 0.491 e. The van der Waals surface area contributed by atoms with Crippen LogP contribution in [0.3, 0.4) is 0 Å². The lowest BCUT2D eigenvalue weighted by Crippen LogP contribution is -2.05. The molecule has 0 N–H and O–H groups in total. The van der Waals surface area contributed by atoms with Crippen molar-refractivity contribution in [3.05, 3.63) is 46.9 Å². The van der Waals surface area contributed by atoms with Crippen molar-refractivity contribution in [3.63, 3.8) is 0 Å². The Hall–Kier alpha value is -1.53. The van der Waals surface area contributed by atoms with Crippen LogP contribution in [0.25, 0.3) is 0 Å². The van der Waals surface area contributed by atoms with E-state index in [0.717, 1.165) is 4.47 Å². The Morgan fingerprint density at radius 3 is 2.09 bits per heavy atom. The molecule has 0 aliphatic heterocycles. The monoisotopic (exact) mass is 384 g/mol. The summed E-state index contributed by atoms with van der Waals surface area (Å²) in [5, 5.41) is 0. The Kier molecular flexibility index (Phi) is 5.13. The second kappa shape index (κ2) is 6.71. The summed E-state index contributed by atoms with van der Waals surface area (Å²) in [7, 11) is -3.20. The lowest BCUT2D eigenvalue weighted by Gasteiger charge is -2.12. The van der Waals surface area contributed by atoms with Crippen LogP contribution < -0.4 is 9.47 Å². The van der Waals surface area contributed by atoms with Crippen LogP contribution in [0.4, 0.5) is 0 Å². The molecule has 6 heteroatoms. The normalized spacial score (nSPS) is 11.5. The van der Waals surface area contributed by atoms with E-state index >= 15 is 0 Å². The van der Waals surface area contributed by atoms with Crippen LogP contribution in [0, 0.1) is 0 Å². The topological polar surface area (TPSA) is 52.6 Å². The van der Waals surface area contributed by atoms with Gasteiger partial charge in [0.2, 0.25) is 0 Å². The average molecular weight is 385 g/mol. The van der Waals surface area contributed by atoms with Crippen molar-refractivity contribution in [2.75, 3.05) is 6.26 Å². The van der Waals surface area contributed by atoms with Crippen molar-refractivity contribution in [3.8, 4) is 17.2 Å². The van der Waals surface area contributed by atoms with Gasteiger partial charge in [-0.05, 0) is 50.2 Å². The van der Waals surface area contributed by atoms with Crippen molar-refractivity contribution in [1.29, 1.82) is 0 Å². The van der Waals surface area contributed by atoms with E-state index in [9.17, 15) is 8.42 Å². The van der Waals surface area contributed by atoms with E-state index in [1.54, 1.807) is 18.2 Å². The van der Waals surface area contributed by atoms with Gasteiger partial charge in [0.05, 0.1) is 11.0 Å². The molecule has 22 heavy (non-hydrogen) atoms. The maximum absolute atomic E-state index is 11.4. The first kappa shape index (κ1) is 16.8. The molecule has 0 radical (unpaired) electrons. The first-order chi connectivity index (χ1) is 10.2. The zero-order valence-electron chi connectivity index (χ0n) is 12.5. The third-order valence-electron chi connectivity index (χ3n) is 2.70. The van der Waals surface area contributed by atoms with Gasteiger partial charge in [0.1, 0.15) is 17.2 Å². The van der Waals surface area contributed by atoms with Gasteiger partial charge >= 0.3 is 0 Å². The molecule has 0 bridgehead atoms. The first-order valence-corrected chi connectivity index (χ1v) is 9.38. The molecule has 2 aromatic carbocycles. The number of hydrogen-bond acceptors (Lipinski definition) is 4. The van der Waals surface area contributed by atoms with E-state index in [2.05, 4.69) is 15.9 Å². The molecule has 0 unspecified atom stereocenters. The van der Waals surface area contributed by atoms with E-state index in [-0.39, 0.29) is 11.0 Å². The molecule has 0 aliphatic rings. The van der Waals surface area contributed by atoms with Gasteiger partial charge in [0.15, 0.2) is 9.84 Å². The first-order valence-electron chi connectivity index (χ1n) is 6.69. The maximum atomic E-state index is 11.4. The predicted octanol–water partition coefficient (Wildman–Crippen LogP) is 4.43. The van der Waals surface area contributed by atoms with Crippen molar-refractivity contribution >= 4 is 25.8 Å².